The number of nitrogen functional groups attached to an aromatic ring is 1. The Morgan fingerprint density at radius 3 is 1.29 bits per heavy atom. The van der Waals surface area contributed by atoms with Gasteiger partial charge in [-0.2, -0.15) is 0 Å². The molecule has 0 saturated carbocycles. The number of nitrogens with two attached hydrogens (primary N) is 1. The molecule has 278 valence electrons. The summed E-state index contributed by atoms with van der Waals surface area (Å²) in [6.07, 6.45) is 5.50. The van der Waals surface area contributed by atoms with E-state index in [-0.39, 0.29) is 40.0 Å². The maximum absolute atomic E-state index is 5.80. The molecule has 0 amide bonds. The first kappa shape index (κ1) is 43.1. The Morgan fingerprint density at radius 1 is 0.397 bits per heavy atom. The summed E-state index contributed by atoms with van der Waals surface area (Å²) in [4.78, 5) is 13.2. The van der Waals surface area contributed by atoms with Crippen LogP contribution in [0.2, 0.25) is 0 Å². The van der Waals surface area contributed by atoms with Gasteiger partial charge in [-0.15, -0.1) is 29.7 Å². The van der Waals surface area contributed by atoms with Gasteiger partial charge < -0.3 is 22.7 Å². The number of halogens is 4. The van der Waals surface area contributed by atoms with Crippen LogP contribution in [-0.2, 0) is 0 Å². The van der Waals surface area contributed by atoms with Gasteiger partial charge >= 0.3 is 23.1 Å². The fourth-order valence-corrected chi connectivity index (χ4v) is 8.42. The fraction of sp³-hybridized carbons (Fsp3) is 0. The summed E-state index contributed by atoms with van der Waals surface area (Å²) >= 11 is 10.7. The van der Waals surface area contributed by atoms with E-state index in [1.165, 1.54) is 37.7 Å². The minimum Gasteiger partial charge on any atom is -1.00 e. The second kappa shape index (κ2) is 20.0. The molecule has 11 aromatic rings. The molecule has 0 unspecified atom stereocenters. The van der Waals surface area contributed by atoms with Gasteiger partial charge in [-0.1, -0.05) is 168 Å². The molecule has 0 bridgehead atoms. The third kappa shape index (κ3) is 9.36. The molecule has 58 heavy (non-hydrogen) atoms. The van der Waals surface area contributed by atoms with Crippen molar-refractivity contribution in [2.75, 3.05) is 5.73 Å². The fourth-order valence-electron chi connectivity index (χ4n) is 6.76. The van der Waals surface area contributed by atoms with Crippen LogP contribution in [0.15, 0.2) is 196 Å². The predicted molar refractivity (Wildman–Crippen MR) is 254 cm³/mol. The van der Waals surface area contributed by atoms with Crippen LogP contribution >= 0.6 is 47.8 Å². The number of nitrogens with zero attached hydrogens (tertiary/aromatic N) is 3. The van der Waals surface area contributed by atoms with Crippen LogP contribution in [0.3, 0.4) is 0 Å². The summed E-state index contributed by atoms with van der Waals surface area (Å²) in [6.45, 7) is 0. The number of aromatic nitrogens is 3. The number of benzene rings is 8. The molecular weight excluding hydrogens is 988 g/mol. The third-order valence-corrected chi connectivity index (χ3v) is 11.4. The number of pyridine rings is 3. The summed E-state index contributed by atoms with van der Waals surface area (Å²) in [5.74, 6) is 0. The first-order chi connectivity index (χ1) is 27.5. The molecule has 0 aliphatic rings. The second-order valence-corrected chi connectivity index (χ2v) is 15.5. The number of anilines is 1. The Labute approximate surface area is 388 Å². The van der Waals surface area contributed by atoms with E-state index < -0.39 is 0 Å². The first-order valence-electron chi connectivity index (χ1n) is 17.9. The van der Waals surface area contributed by atoms with E-state index in [1.54, 1.807) is 0 Å². The summed E-state index contributed by atoms with van der Waals surface area (Å²) in [5.41, 5.74) is 9.82. The molecule has 0 aliphatic carbocycles. The Morgan fingerprint density at radius 2 is 0.793 bits per heavy atom. The van der Waals surface area contributed by atoms with Gasteiger partial charge in [0.2, 0.25) is 0 Å². The van der Waals surface area contributed by atoms with E-state index in [1.807, 2.05) is 110 Å². The number of hydrogen-bond acceptors (Lipinski definition) is 4. The van der Waals surface area contributed by atoms with Crippen LogP contribution < -0.4 is 22.7 Å². The van der Waals surface area contributed by atoms with Crippen molar-refractivity contribution < 1.29 is 17.0 Å². The molecule has 0 radical (unpaired) electrons. The van der Waals surface area contributed by atoms with Crippen molar-refractivity contribution in [3.8, 4) is 0 Å². The number of fused-ring (bicyclic) bond motifs is 10. The zero-order valence-electron chi connectivity index (χ0n) is 31.0. The van der Waals surface area contributed by atoms with Crippen molar-refractivity contribution in [3.63, 3.8) is 0 Å². The third-order valence-electron chi connectivity index (χ3n) is 9.43. The smallest absolute Gasteiger partial charge is 1.00 e. The topological polar surface area (TPSA) is 64.7 Å². The SMILES string of the molecule is Brc1cc2cccnc2c2ccccc12.Brc1cc2cccnc2c2ccccc12.Nc1ccc(Br)c2ccccc12.[Br-].[Mg+2].[c-]1cc2cccnc2c2ccccc12. The van der Waals surface area contributed by atoms with Gasteiger partial charge in [0, 0.05) is 64.6 Å². The maximum atomic E-state index is 5.80. The van der Waals surface area contributed by atoms with E-state index in [4.69, 9.17) is 5.73 Å². The summed E-state index contributed by atoms with van der Waals surface area (Å²) in [7, 11) is 0. The zero-order valence-corrected chi connectivity index (χ0v) is 38.7. The Hall–Kier alpha value is -4.48. The molecule has 3 aromatic heterocycles. The Bertz CT molecular complexity index is 2970. The number of hydrogen-bond donors (Lipinski definition) is 1. The molecule has 0 saturated heterocycles. The van der Waals surface area contributed by atoms with Crippen molar-refractivity contribution in [1.82, 2.24) is 15.0 Å². The Kier molecular flexibility index (Phi) is 14.9. The van der Waals surface area contributed by atoms with Crippen molar-refractivity contribution >= 4 is 152 Å². The summed E-state index contributed by atoms with van der Waals surface area (Å²) in [5, 5.41) is 12.9. The minimum atomic E-state index is 0. The Balaban J connectivity index is 0.000000129. The monoisotopic (exact) mass is 1020 g/mol. The van der Waals surface area contributed by atoms with Gasteiger partial charge in [0.25, 0.3) is 0 Å². The maximum Gasteiger partial charge on any atom is 2.00 e. The zero-order chi connectivity index (χ0) is 38.4. The molecular formula is C49H32Br4MgN4. The molecule has 3 heterocycles. The first-order valence-corrected chi connectivity index (χ1v) is 20.2. The molecule has 11 rings (SSSR count). The van der Waals surface area contributed by atoms with Gasteiger partial charge in [0.05, 0.1) is 11.0 Å². The standard InChI is InChI=1S/2C13H8BrN.C13H8N.C10H8BrN.BrH.Mg/c2*14-12-8-9-4-3-7-15-13(9)11-6-2-1-5-10(11)12;1-2-6-12-10(4-1)7-8-11-5-3-9-14-13(11)12;11-9-5-6-10(12)8-4-2-1-3-7(8)9;;/h2*1-8H;1-6,8-9H;1-6H,12H2;1H;/q;;-1;;;+2/p-1. The van der Waals surface area contributed by atoms with E-state index in [2.05, 4.69) is 142 Å². The quantitative estimate of drug-likeness (QED) is 0.0711. The molecule has 0 spiro atoms. The molecule has 9 heteroatoms. The summed E-state index contributed by atoms with van der Waals surface area (Å²) in [6, 6.07) is 58.3. The largest absolute Gasteiger partial charge is 2.00 e. The molecule has 0 aliphatic heterocycles. The van der Waals surface area contributed by atoms with E-state index in [0.717, 1.165) is 57.2 Å². The normalized spacial score (nSPS) is 10.5. The average molecular weight is 1020 g/mol. The van der Waals surface area contributed by atoms with Gasteiger partial charge in [-0.05, 0) is 58.1 Å². The minimum absolute atomic E-state index is 0. The van der Waals surface area contributed by atoms with E-state index in [0.29, 0.717) is 0 Å². The van der Waals surface area contributed by atoms with Crippen molar-refractivity contribution in [1.29, 1.82) is 0 Å². The van der Waals surface area contributed by atoms with Crippen LogP contribution in [0.1, 0.15) is 0 Å². The van der Waals surface area contributed by atoms with E-state index >= 15 is 0 Å². The molecule has 8 aromatic carbocycles. The molecule has 4 nitrogen and oxygen atoms in total. The summed E-state index contributed by atoms with van der Waals surface area (Å²) < 4.78 is 3.34. The molecule has 2 N–H and O–H groups in total. The van der Waals surface area contributed by atoms with Gasteiger partial charge in [0.1, 0.15) is 0 Å². The molecule has 0 fully saturated rings. The van der Waals surface area contributed by atoms with Crippen LogP contribution in [-0.4, -0.2) is 38.0 Å². The van der Waals surface area contributed by atoms with Crippen LogP contribution in [0.25, 0.3) is 75.8 Å². The van der Waals surface area contributed by atoms with Crippen molar-refractivity contribution in [2.45, 2.75) is 0 Å². The number of rotatable bonds is 0. The van der Waals surface area contributed by atoms with Gasteiger partial charge in [0.15, 0.2) is 0 Å². The van der Waals surface area contributed by atoms with Gasteiger partial charge in [-0.3, -0.25) is 15.0 Å². The molecule has 0 atom stereocenters. The van der Waals surface area contributed by atoms with E-state index in [9.17, 15) is 0 Å². The second-order valence-electron chi connectivity index (χ2n) is 12.9. The van der Waals surface area contributed by atoms with Crippen LogP contribution in [0.5, 0.6) is 0 Å². The average Bonchev–Trinajstić information content (AvgIpc) is 3.26. The van der Waals surface area contributed by atoms with Gasteiger partial charge in [-0.25, -0.2) is 0 Å². The van der Waals surface area contributed by atoms with Crippen molar-refractivity contribution in [3.05, 3.63) is 202 Å². The van der Waals surface area contributed by atoms with Crippen LogP contribution in [0.4, 0.5) is 5.69 Å². The van der Waals surface area contributed by atoms with Crippen LogP contribution in [0, 0.1) is 6.07 Å². The predicted octanol–water partition coefficient (Wildman–Crippen LogP) is 11.3. The van der Waals surface area contributed by atoms with Crippen molar-refractivity contribution in [2.24, 2.45) is 0 Å².